The molecule has 3 aromatic rings. The molecule has 0 N–H and O–H groups in total. The first-order chi connectivity index (χ1) is 10.7. The van der Waals surface area contributed by atoms with Gasteiger partial charge in [-0.2, -0.15) is 0 Å². The van der Waals surface area contributed by atoms with Crippen LogP contribution in [0.15, 0.2) is 60.9 Å². The zero-order valence-electron chi connectivity index (χ0n) is 12.7. The van der Waals surface area contributed by atoms with E-state index in [9.17, 15) is 0 Å². The molecular weight excluding hydrogens is 268 g/mol. The van der Waals surface area contributed by atoms with Crippen LogP contribution in [0.1, 0.15) is 22.3 Å². The molecule has 2 heteroatoms. The standard InChI is InChI=1S/C20H16N2/c1-15-3-7-17(8-4-15)9-10-18-13-21-20(22-14-18)19-11-5-16(2)6-12-19/h3-8,11-14H,1-2H3. The zero-order chi connectivity index (χ0) is 15.4. The second kappa shape index (κ2) is 6.24. The minimum absolute atomic E-state index is 0.723. The number of aryl methyl sites for hydroxylation is 2. The van der Waals surface area contributed by atoms with Crippen molar-refractivity contribution in [1.82, 2.24) is 9.97 Å². The minimum Gasteiger partial charge on any atom is -0.235 e. The van der Waals surface area contributed by atoms with E-state index in [0.717, 1.165) is 22.5 Å². The number of hydrogen-bond acceptors (Lipinski definition) is 2. The molecule has 0 atom stereocenters. The molecule has 0 fully saturated rings. The molecule has 1 heterocycles. The van der Waals surface area contributed by atoms with Gasteiger partial charge in [0.2, 0.25) is 0 Å². The molecule has 0 unspecified atom stereocenters. The lowest BCUT2D eigenvalue weighted by Gasteiger charge is -2.00. The van der Waals surface area contributed by atoms with Crippen molar-refractivity contribution in [3.8, 4) is 23.2 Å². The highest BCUT2D eigenvalue weighted by atomic mass is 14.9. The highest BCUT2D eigenvalue weighted by Gasteiger charge is 2.00. The molecule has 22 heavy (non-hydrogen) atoms. The van der Waals surface area contributed by atoms with Gasteiger partial charge in [0.25, 0.3) is 0 Å². The Bertz CT molecular complexity index is 818. The number of hydrogen-bond donors (Lipinski definition) is 0. The van der Waals surface area contributed by atoms with Crippen LogP contribution in [0.5, 0.6) is 0 Å². The van der Waals surface area contributed by atoms with Crippen LogP contribution in [0.4, 0.5) is 0 Å². The first-order valence-electron chi connectivity index (χ1n) is 7.18. The van der Waals surface area contributed by atoms with E-state index in [-0.39, 0.29) is 0 Å². The Kier molecular flexibility index (Phi) is 3.98. The van der Waals surface area contributed by atoms with Gasteiger partial charge in [-0.3, -0.25) is 0 Å². The average molecular weight is 284 g/mol. The second-order valence-corrected chi connectivity index (χ2v) is 5.28. The third kappa shape index (κ3) is 3.39. The molecule has 2 nitrogen and oxygen atoms in total. The summed E-state index contributed by atoms with van der Waals surface area (Å²) in [7, 11) is 0. The zero-order valence-corrected chi connectivity index (χ0v) is 12.7. The van der Waals surface area contributed by atoms with Crippen molar-refractivity contribution in [3.05, 3.63) is 83.2 Å². The summed E-state index contributed by atoms with van der Waals surface area (Å²) in [5, 5.41) is 0. The van der Waals surface area contributed by atoms with E-state index in [0.29, 0.717) is 0 Å². The van der Waals surface area contributed by atoms with Crippen LogP contribution in [0.3, 0.4) is 0 Å². The van der Waals surface area contributed by atoms with Gasteiger partial charge in [0, 0.05) is 23.5 Å². The number of benzene rings is 2. The third-order valence-corrected chi connectivity index (χ3v) is 3.36. The maximum absolute atomic E-state index is 4.39. The fourth-order valence-electron chi connectivity index (χ4n) is 2.03. The molecule has 106 valence electrons. The monoisotopic (exact) mass is 284 g/mol. The third-order valence-electron chi connectivity index (χ3n) is 3.36. The molecule has 0 saturated heterocycles. The minimum atomic E-state index is 0.723. The van der Waals surface area contributed by atoms with E-state index in [4.69, 9.17) is 0 Å². The molecule has 0 spiro atoms. The molecule has 1 aromatic heterocycles. The summed E-state index contributed by atoms with van der Waals surface area (Å²) < 4.78 is 0. The van der Waals surface area contributed by atoms with Crippen molar-refractivity contribution >= 4 is 0 Å². The highest BCUT2D eigenvalue weighted by Crippen LogP contribution is 2.14. The van der Waals surface area contributed by atoms with Crippen LogP contribution >= 0.6 is 0 Å². The van der Waals surface area contributed by atoms with E-state index < -0.39 is 0 Å². The topological polar surface area (TPSA) is 25.8 Å². The molecule has 0 radical (unpaired) electrons. The second-order valence-electron chi connectivity index (χ2n) is 5.28. The summed E-state index contributed by atoms with van der Waals surface area (Å²) in [6.07, 6.45) is 3.53. The van der Waals surface area contributed by atoms with Crippen molar-refractivity contribution in [2.75, 3.05) is 0 Å². The van der Waals surface area contributed by atoms with Gasteiger partial charge in [-0.1, -0.05) is 59.4 Å². The molecule has 0 aliphatic heterocycles. The quantitative estimate of drug-likeness (QED) is 0.627. The Morgan fingerprint density at radius 3 is 1.73 bits per heavy atom. The highest BCUT2D eigenvalue weighted by molar-refractivity contribution is 5.55. The van der Waals surface area contributed by atoms with E-state index >= 15 is 0 Å². The molecule has 0 aliphatic carbocycles. The van der Waals surface area contributed by atoms with Gasteiger partial charge in [0.05, 0.1) is 5.56 Å². The average Bonchev–Trinajstić information content (AvgIpc) is 2.56. The van der Waals surface area contributed by atoms with Gasteiger partial charge in [-0.05, 0) is 26.0 Å². The predicted molar refractivity (Wildman–Crippen MR) is 89.4 cm³/mol. The summed E-state index contributed by atoms with van der Waals surface area (Å²) in [5.74, 6) is 6.94. The Morgan fingerprint density at radius 2 is 1.14 bits per heavy atom. The van der Waals surface area contributed by atoms with Crippen LogP contribution in [0.25, 0.3) is 11.4 Å². The fourth-order valence-corrected chi connectivity index (χ4v) is 2.03. The van der Waals surface area contributed by atoms with Gasteiger partial charge in [0.15, 0.2) is 5.82 Å². The molecule has 0 amide bonds. The molecule has 0 bridgehead atoms. The van der Waals surface area contributed by atoms with Crippen LogP contribution < -0.4 is 0 Å². The number of rotatable bonds is 1. The van der Waals surface area contributed by atoms with Gasteiger partial charge < -0.3 is 0 Å². The van der Waals surface area contributed by atoms with Crippen LogP contribution in [-0.2, 0) is 0 Å². The molecular formula is C20H16N2. The SMILES string of the molecule is Cc1ccc(C#Cc2cnc(-c3ccc(C)cc3)nc2)cc1. The summed E-state index contributed by atoms with van der Waals surface area (Å²) >= 11 is 0. The van der Waals surface area contributed by atoms with E-state index in [1.54, 1.807) is 12.4 Å². The predicted octanol–water partition coefficient (Wildman–Crippen LogP) is 4.16. The molecule has 0 aliphatic rings. The van der Waals surface area contributed by atoms with Crippen molar-refractivity contribution in [2.24, 2.45) is 0 Å². The summed E-state index contributed by atoms with van der Waals surface area (Å²) in [5.41, 5.74) is 5.29. The summed E-state index contributed by atoms with van der Waals surface area (Å²) in [6.45, 7) is 4.13. The number of nitrogens with zero attached hydrogens (tertiary/aromatic N) is 2. The first kappa shape index (κ1) is 14.0. The lowest BCUT2D eigenvalue weighted by atomic mass is 10.1. The Morgan fingerprint density at radius 1 is 0.636 bits per heavy atom. The van der Waals surface area contributed by atoms with E-state index in [1.807, 2.05) is 24.3 Å². The summed E-state index contributed by atoms with van der Waals surface area (Å²) in [4.78, 5) is 8.78. The maximum atomic E-state index is 4.39. The first-order valence-corrected chi connectivity index (χ1v) is 7.18. The van der Waals surface area contributed by atoms with Crippen molar-refractivity contribution in [1.29, 1.82) is 0 Å². The largest absolute Gasteiger partial charge is 0.235 e. The molecule has 0 saturated carbocycles. The summed E-state index contributed by atoms with van der Waals surface area (Å²) in [6, 6.07) is 16.3. The van der Waals surface area contributed by atoms with Crippen molar-refractivity contribution in [3.63, 3.8) is 0 Å². The van der Waals surface area contributed by atoms with Crippen LogP contribution in [0.2, 0.25) is 0 Å². The van der Waals surface area contributed by atoms with Crippen molar-refractivity contribution < 1.29 is 0 Å². The maximum Gasteiger partial charge on any atom is 0.159 e. The van der Waals surface area contributed by atoms with Gasteiger partial charge in [-0.15, -0.1) is 0 Å². The van der Waals surface area contributed by atoms with Gasteiger partial charge in [-0.25, -0.2) is 9.97 Å². The van der Waals surface area contributed by atoms with Crippen LogP contribution in [0, 0.1) is 25.7 Å². The smallest absolute Gasteiger partial charge is 0.159 e. The van der Waals surface area contributed by atoms with E-state index in [1.165, 1.54) is 11.1 Å². The number of aromatic nitrogens is 2. The Balaban J connectivity index is 1.80. The Hall–Kier alpha value is -2.92. The van der Waals surface area contributed by atoms with Crippen LogP contribution in [-0.4, -0.2) is 9.97 Å². The normalized spacial score (nSPS) is 9.91. The lowest BCUT2D eigenvalue weighted by molar-refractivity contribution is 1.16. The lowest BCUT2D eigenvalue weighted by Crippen LogP contribution is -1.89. The van der Waals surface area contributed by atoms with E-state index in [2.05, 4.69) is 59.9 Å². The van der Waals surface area contributed by atoms with Gasteiger partial charge in [0.1, 0.15) is 0 Å². The van der Waals surface area contributed by atoms with Crippen molar-refractivity contribution in [2.45, 2.75) is 13.8 Å². The molecule has 3 rings (SSSR count). The molecule has 2 aromatic carbocycles. The Labute approximate surface area is 130 Å². The van der Waals surface area contributed by atoms with Gasteiger partial charge >= 0.3 is 0 Å². The fraction of sp³-hybridized carbons (Fsp3) is 0.100.